The molecule has 0 spiro atoms. The van der Waals surface area contributed by atoms with Crippen LogP contribution in [0.1, 0.15) is 29.3 Å². The molecular weight excluding hydrogens is 389 g/mol. The number of carbonyl (C=O) groups is 2. The first-order valence-corrected chi connectivity index (χ1v) is 9.04. The van der Waals surface area contributed by atoms with Crippen LogP contribution in [0.25, 0.3) is 0 Å². The van der Waals surface area contributed by atoms with E-state index in [1.54, 1.807) is 42.5 Å². The Hall–Kier alpha value is -2.57. The minimum atomic E-state index is -0.481. The van der Waals surface area contributed by atoms with E-state index in [0.717, 1.165) is 6.42 Å². The number of carbonyl (C=O) groups excluding carboxylic acids is 2. The van der Waals surface area contributed by atoms with Crippen LogP contribution in [0.5, 0.6) is 5.75 Å². The molecule has 0 saturated heterocycles. The van der Waals surface area contributed by atoms with E-state index >= 15 is 0 Å². The molecule has 0 saturated carbocycles. The fourth-order valence-corrected chi connectivity index (χ4v) is 2.52. The molecule has 0 aliphatic carbocycles. The van der Waals surface area contributed by atoms with Gasteiger partial charge in [0.2, 0.25) is 0 Å². The van der Waals surface area contributed by atoms with Crippen molar-refractivity contribution < 1.29 is 14.3 Å². The first-order valence-electron chi connectivity index (χ1n) is 8.28. The van der Waals surface area contributed by atoms with Crippen LogP contribution < -0.4 is 15.5 Å². The second-order valence-corrected chi connectivity index (χ2v) is 6.30. The van der Waals surface area contributed by atoms with E-state index in [-0.39, 0.29) is 12.5 Å². The molecule has 0 unspecified atom stereocenters. The standard InChI is InChI=1S/C19H19Cl2N3O3/c1-2-10-27-14-8-6-13(7-9-14)19(26)22-12-18(25)24-23-11-15-16(20)4-3-5-17(15)21/h3-9,11H,2,10,12H2,1H3,(H,22,26)(H,24,25)/b23-11-. The Morgan fingerprint density at radius 3 is 2.41 bits per heavy atom. The van der Waals surface area contributed by atoms with Crippen LogP contribution in [0.15, 0.2) is 47.6 Å². The third-order valence-corrected chi connectivity index (χ3v) is 4.04. The molecule has 6 nitrogen and oxygen atoms in total. The van der Waals surface area contributed by atoms with Gasteiger partial charge in [-0.2, -0.15) is 5.10 Å². The highest BCUT2D eigenvalue weighted by Crippen LogP contribution is 2.21. The Morgan fingerprint density at radius 1 is 1.11 bits per heavy atom. The maximum Gasteiger partial charge on any atom is 0.259 e. The van der Waals surface area contributed by atoms with Crippen LogP contribution >= 0.6 is 23.2 Å². The zero-order chi connectivity index (χ0) is 19.6. The number of rotatable bonds is 8. The van der Waals surface area contributed by atoms with E-state index in [9.17, 15) is 9.59 Å². The maximum absolute atomic E-state index is 12.1. The lowest BCUT2D eigenvalue weighted by Gasteiger charge is -2.07. The minimum absolute atomic E-state index is 0.222. The quantitative estimate of drug-likeness (QED) is 0.517. The number of hydrogen-bond donors (Lipinski definition) is 2. The van der Waals surface area contributed by atoms with Gasteiger partial charge in [0.15, 0.2) is 0 Å². The van der Waals surface area contributed by atoms with Gasteiger partial charge >= 0.3 is 0 Å². The number of halogens is 2. The Morgan fingerprint density at radius 2 is 1.78 bits per heavy atom. The summed E-state index contributed by atoms with van der Waals surface area (Å²) in [6.45, 7) is 2.41. The predicted octanol–water partition coefficient (Wildman–Crippen LogP) is 3.66. The molecule has 0 bridgehead atoms. The molecule has 0 radical (unpaired) electrons. The van der Waals surface area contributed by atoms with Gasteiger partial charge in [0.1, 0.15) is 5.75 Å². The van der Waals surface area contributed by atoms with E-state index in [0.29, 0.717) is 33.5 Å². The van der Waals surface area contributed by atoms with Crippen molar-refractivity contribution in [1.82, 2.24) is 10.7 Å². The van der Waals surface area contributed by atoms with Crippen molar-refractivity contribution in [3.05, 3.63) is 63.6 Å². The summed E-state index contributed by atoms with van der Waals surface area (Å²) < 4.78 is 5.46. The monoisotopic (exact) mass is 407 g/mol. The normalized spacial score (nSPS) is 10.6. The number of hydrazone groups is 1. The van der Waals surface area contributed by atoms with Crippen molar-refractivity contribution in [3.63, 3.8) is 0 Å². The van der Waals surface area contributed by atoms with Crippen molar-refractivity contribution in [2.75, 3.05) is 13.2 Å². The smallest absolute Gasteiger partial charge is 0.259 e. The first kappa shape index (κ1) is 20.7. The van der Waals surface area contributed by atoms with E-state index in [2.05, 4.69) is 15.8 Å². The van der Waals surface area contributed by atoms with E-state index in [1.807, 2.05) is 6.92 Å². The van der Waals surface area contributed by atoms with Crippen molar-refractivity contribution >= 4 is 41.2 Å². The predicted molar refractivity (Wildman–Crippen MR) is 107 cm³/mol. The van der Waals surface area contributed by atoms with Crippen LogP contribution in [0.3, 0.4) is 0 Å². The highest BCUT2D eigenvalue weighted by Gasteiger charge is 2.08. The average molecular weight is 408 g/mol. The fraction of sp³-hybridized carbons (Fsp3) is 0.211. The SMILES string of the molecule is CCCOc1ccc(C(=O)NCC(=O)N/N=C\c2c(Cl)cccc2Cl)cc1. The number of ether oxygens (including phenoxy) is 1. The van der Waals surface area contributed by atoms with Gasteiger partial charge in [-0.1, -0.05) is 36.2 Å². The molecule has 0 aliphatic rings. The van der Waals surface area contributed by atoms with Gasteiger partial charge in [0, 0.05) is 11.1 Å². The molecule has 27 heavy (non-hydrogen) atoms. The van der Waals surface area contributed by atoms with Crippen molar-refractivity contribution in [1.29, 1.82) is 0 Å². The molecule has 0 atom stereocenters. The van der Waals surface area contributed by atoms with E-state index in [4.69, 9.17) is 27.9 Å². The number of hydrogen-bond acceptors (Lipinski definition) is 4. The Bertz CT molecular complexity index is 803. The molecule has 2 aromatic rings. The molecular formula is C19H19Cl2N3O3. The lowest BCUT2D eigenvalue weighted by atomic mass is 10.2. The molecule has 142 valence electrons. The van der Waals surface area contributed by atoms with Gasteiger partial charge in [-0.05, 0) is 42.8 Å². The highest BCUT2D eigenvalue weighted by atomic mass is 35.5. The van der Waals surface area contributed by atoms with Gasteiger partial charge in [-0.15, -0.1) is 0 Å². The van der Waals surface area contributed by atoms with Gasteiger partial charge in [0.05, 0.1) is 29.4 Å². The third kappa shape index (κ3) is 6.58. The largest absolute Gasteiger partial charge is 0.494 e. The van der Waals surface area contributed by atoms with E-state index in [1.165, 1.54) is 6.21 Å². The van der Waals surface area contributed by atoms with Crippen molar-refractivity contribution in [3.8, 4) is 5.75 Å². The zero-order valence-corrected chi connectivity index (χ0v) is 16.2. The van der Waals surface area contributed by atoms with Crippen LogP contribution in [0.4, 0.5) is 0 Å². The summed E-state index contributed by atoms with van der Waals surface area (Å²) in [7, 11) is 0. The molecule has 2 amide bonds. The second-order valence-electron chi connectivity index (χ2n) is 5.48. The first-order chi connectivity index (χ1) is 13.0. The Kier molecular flexibility index (Phi) is 8.10. The Labute approximate surface area is 167 Å². The maximum atomic E-state index is 12.1. The van der Waals surface area contributed by atoms with E-state index < -0.39 is 5.91 Å². The summed E-state index contributed by atoms with van der Waals surface area (Å²) in [5, 5.41) is 7.14. The lowest BCUT2D eigenvalue weighted by molar-refractivity contribution is -0.120. The number of benzene rings is 2. The summed E-state index contributed by atoms with van der Waals surface area (Å²) >= 11 is 12.0. The third-order valence-electron chi connectivity index (χ3n) is 3.38. The molecule has 2 N–H and O–H groups in total. The summed E-state index contributed by atoms with van der Waals surface area (Å²) in [5.41, 5.74) is 3.23. The summed E-state index contributed by atoms with van der Waals surface area (Å²) in [6.07, 6.45) is 2.25. The molecule has 0 heterocycles. The van der Waals surface area contributed by atoms with Gasteiger partial charge in [0.25, 0.3) is 11.8 Å². The summed E-state index contributed by atoms with van der Waals surface area (Å²) in [6, 6.07) is 11.7. The van der Waals surface area contributed by atoms with Crippen LogP contribution in [0, 0.1) is 0 Å². The van der Waals surface area contributed by atoms with Crippen LogP contribution in [-0.4, -0.2) is 31.2 Å². The lowest BCUT2D eigenvalue weighted by Crippen LogP contribution is -2.34. The molecule has 8 heteroatoms. The zero-order valence-electron chi connectivity index (χ0n) is 14.7. The molecule has 0 fully saturated rings. The average Bonchev–Trinajstić information content (AvgIpc) is 2.67. The molecule has 0 aromatic heterocycles. The summed E-state index contributed by atoms with van der Waals surface area (Å²) in [4.78, 5) is 23.8. The number of amides is 2. The number of nitrogens with zero attached hydrogens (tertiary/aromatic N) is 1. The Balaban J connectivity index is 1.81. The fourth-order valence-electron chi connectivity index (χ4n) is 2.03. The molecule has 2 aromatic carbocycles. The summed E-state index contributed by atoms with van der Waals surface area (Å²) in [5.74, 6) is -0.158. The highest BCUT2D eigenvalue weighted by molar-refractivity contribution is 6.38. The van der Waals surface area contributed by atoms with Crippen molar-refractivity contribution in [2.24, 2.45) is 5.10 Å². The second kappa shape index (κ2) is 10.5. The van der Waals surface area contributed by atoms with Gasteiger partial charge < -0.3 is 10.1 Å². The van der Waals surface area contributed by atoms with Crippen molar-refractivity contribution in [2.45, 2.75) is 13.3 Å². The number of nitrogens with one attached hydrogen (secondary N) is 2. The minimum Gasteiger partial charge on any atom is -0.494 e. The van der Waals surface area contributed by atoms with Crippen LogP contribution in [0.2, 0.25) is 10.0 Å². The van der Waals surface area contributed by atoms with Gasteiger partial charge in [-0.25, -0.2) is 5.43 Å². The van der Waals surface area contributed by atoms with Crippen LogP contribution in [-0.2, 0) is 4.79 Å². The van der Waals surface area contributed by atoms with Gasteiger partial charge in [-0.3, -0.25) is 9.59 Å². The molecule has 2 rings (SSSR count). The topological polar surface area (TPSA) is 79.8 Å². The molecule has 0 aliphatic heterocycles.